The summed E-state index contributed by atoms with van der Waals surface area (Å²) in [6.45, 7) is 1.01. The normalized spacial score (nSPS) is 38.6. The zero-order valence-corrected chi connectivity index (χ0v) is 4.27. The van der Waals surface area contributed by atoms with Gasteiger partial charge in [-0.3, -0.25) is 0 Å². The first-order chi connectivity index (χ1) is 3.27. The Morgan fingerprint density at radius 2 is 2.57 bits per heavy atom. The first-order valence-corrected chi connectivity index (χ1v) is 2.28. The van der Waals surface area contributed by atoms with Crippen LogP contribution in [0.15, 0.2) is 0 Å². The molecule has 0 radical (unpaired) electrons. The minimum Gasteiger partial charge on any atom is -0.363 e. The van der Waals surface area contributed by atoms with Crippen LogP contribution in [-0.2, 0) is 4.74 Å². The van der Waals surface area contributed by atoms with Crippen LogP contribution >= 0.6 is 0 Å². The molecule has 1 aliphatic rings. The molecular formula is C4H9NO2. The van der Waals surface area contributed by atoms with E-state index < -0.39 is 5.79 Å². The molecule has 1 heterocycles. The molecule has 0 spiro atoms. The molecule has 0 amide bonds. The van der Waals surface area contributed by atoms with Crippen molar-refractivity contribution in [2.75, 3.05) is 20.2 Å². The molecular weight excluding hydrogens is 94.0 g/mol. The van der Waals surface area contributed by atoms with Crippen molar-refractivity contribution in [3.63, 3.8) is 0 Å². The quantitative estimate of drug-likeness (QED) is 0.437. The highest BCUT2D eigenvalue weighted by Crippen LogP contribution is 2.20. The molecule has 2 N–H and O–H groups in total. The van der Waals surface area contributed by atoms with Crippen molar-refractivity contribution in [3.8, 4) is 0 Å². The second-order valence-electron chi connectivity index (χ2n) is 1.77. The van der Waals surface area contributed by atoms with E-state index in [-0.39, 0.29) is 0 Å². The largest absolute Gasteiger partial charge is 0.363 e. The van der Waals surface area contributed by atoms with Gasteiger partial charge in [0.1, 0.15) is 6.61 Å². The fraction of sp³-hybridized carbons (Fsp3) is 1.00. The summed E-state index contributed by atoms with van der Waals surface area (Å²) in [6, 6.07) is 0. The second-order valence-corrected chi connectivity index (χ2v) is 1.77. The van der Waals surface area contributed by atoms with Gasteiger partial charge >= 0.3 is 0 Å². The Morgan fingerprint density at radius 3 is 2.71 bits per heavy atom. The van der Waals surface area contributed by atoms with E-state index in [1.807, 2.05) is 0 Å². The van der Waals surface area contributed by atoms with Crippen molar-refractivity contribution < 1.29 is 9.84 Å². The summed E-state index contributed by atoms with van der Waals surface area (Å²) in [5, 5.41) is 11.6. The van der Waals surface area contributed by atoms with E-state index in [0.717, 1.165) is 0 Å². The summed E-state index contributed by atoms with van der Waals surface area (Å²) < 4.78 is 4.63. The Morgan fingerprint density at radius 1 is 2.00 bits per heavy atom. The fourth-order valence-corrected chi connectivity index (χ4v) is 0.462. The SMILES string of the molecule is CNCC1(O)CO1. The van der Waals surface area contributed by atoms with Gasteiger partial charge < -0.3 is 15.2 Å². The highest BCUT2D eigenvalue weighted by molar-refractivity contribution is 4.80. The van der Waals surface area contributed by atoms with Crippen LogP contribution in [0.1, 0.15) is 0 Å². The van der Waals surface area contributed by atoms with E-state index >= 15 is 0 Å². The van der Waals surface area contributed by atoms with Crippen LogP contribution in [0.5, 0.6) is 0 Å². The molecule has 0 aromatic rings. The highest BCUT2D eigenvalue weighted by Gasteiger charge is 2.41. The van der Waals surface area contributed by atoms with Gasteiger partial charge in [0, 0.05) is 0 Å². The van der Waals surface area contributed by atoms with Crippen molar-refractivity contribution in [2.45, 2.75) is 5.79 Å². The van der Waals surface area contributed by atoms with Gasteiger partial charge in [0.25, 0.3) is 0 Å². The van der Waals surface area contributed by atoms with Crippen LogP contribution in [0, 0.1) is 0 Å². The lowest BCUT2D eigenvalue weighted by atomic mass is 10.4. The highest BCUT2D eigenvalue weighted by atomic mass is 16.7. The molecule has 1 saturated heterocycles. The number of epoxide rings is 1. The van der Waals surface area contributed by atoms with Gasteiger partial charge in [0.2, 0.25) is 5.79 Å². The van der Waals surface area contributed by atoms with Gasteiger partial charge in [-0.15, -0.1) is 0 Å². The Bertz CT molecular complexity index is 70.1. The number of hydrogen-bond acceptors (Lipinski definition) is 3. The molecule has 0 aromatic heterocycles. The average Bonchev–Trinajstić information content (AvgIpc) is 2.22. The van der Waals surface area contributed by atoms with E-state index in [2.05, 4.69) is 10.1 Å². The first kappa shape index (κ1) is 5.03. The van der Waals surface area contributed by atoms with Crippen LogP contribution in [-0.4, -0.2) is 31.1 Å². The first-order valence-electron chi connectivity index (χ1n) is 2.28. The van der Waals surface area contributed by atoms with E-state index in [9.17, 15) is 0 Å². The van der Waals surface area contributed by atoms with Gasteiger partial charge in [-0.25, -0.2) is 0 Å². The second kappa shape index (κ2) is 1.43. The lowest BCUT2D eigenvalue weighted by molar-refractivity contribution is 0.0388. The summed E-state index contributed by atoms with van der Waals surface area (Å²) in [5.74, 6) is -0.811. The summed E-state index contributed by atoms with van der Waals surface area (Å²) in [5.41, 5.74) is 0. The molecule has 0 bridgehead atoms. The minimum atomic E-state index is -0.811. The Balaban J connectivity index is 2.13. The Kier molecular flexibility index (Phi) is 1.03. The number of nitrogens with one attached hydrogen (secondary N) is 1. The van der Waals surface area contributed by atoms with Crippen LogP contribution < -0.4 is 5.32 Å². The van der Waals surface area contributed by atoms with E-state index in [1.54, 1.807) is 7.05 Å². The van der Waals surface area contributed by atoms with Crippen LogP contribution in [0.25, 0.3) is 0 Å². The maximum absolute atomic E-state index is 8.84. The molecule has 1 rings (SSSR count). The standard InChI is InChI=1S/C4H9NO2/c1-5-2-4(6)3-7-4/h5-6H,2-3H2,1H3. The number of hydrogen-bond donors (Lipinski definition) is 2. The third-order valence-electron chi connectivity index (χ3n) is 0.931. The number of aliphatic hydroxyl groups is 1. The van der Waals surface area contributed by atoms with Crippen molar-refractivity contribution in [3.05, 3.63) is 0 Å². The fourth-order valence-electron chi connectivity index (χ4n) is 0.462. The monoisotopic (exact) mass is 103 g/mol. The summed E-state index contributed by atoms with van der Waals surface area (Å²) in [7, 11) is 1.78. The lowest BCUT2D eigenvalue weighted by Crippen LogP contribution is -2.26. The van der Waals surface area contributed by atoms with Crippen LogP contribution in [0.4, 0.5) is 0 Å². The molecule has 1 unspecified atom stereocenters. The topological polar surface area (TPSA) is 44.8 Å². The molecule has 3 heteroatoms. The van der Waals surface area contributed by atoms with Crippen LogP contribution in [0.2, 0.25) is 0 Å². The van der Waals surface area contributed by atoms with Crippen molar-refractivity contribution in [1.29, 1.82) is 0 Å². The van der Waals surface area contributed by atoms with Gasteiger partial charge in [-0.1, -0.05) is 0 Å². The molecule has 7 heavy (non-hydrogen) atoms. The maximum Gasteiger partial charge on any atom is 0.202 e. The minimum absolute atomic E-state index is 0.480. The van der Waals surface area contributed by atoms with Gasteiger partial charge in [-0.05, 0) is 7.05 Å². The van der Waals surface area contributed by atoms with E-state index in [1.165, 1.54) is 0 Å². The maximum atomic E-state index is 8.84. The smallest absolute Gasteiger partial charge is 0.202 e. The average molecular weight is 103 g/mol. The molecule has 1 fully saturated rings. The summed E-state index contributed by atoms with van der Waals surface area (Å²) in [6.07, 6.45) is 0. The summed E-state index contributed by atoms with van der Waals surface area (Å²) in [4.78, 5) is 0. The molecule has 0 aromatic carbocycles. The number of likely N-dealkylation sites (N-methyl/N-ethyl adjacent to an activating group) is 1. The summed E-state index contributed by atoms with van der Waals surface area (Å²) >= 11 is 0. The molecule has 0 aliphatic carbocycles. The Hall–Kier alpha value is -0.120. The molecule has 1 atom stereocenters. The zero-order chi connectivity index (χ0) is 5.33. The van der Waals surface area contributed by atoms with Crippen LogP contribution in [0.3, 0.4) is 0 Å². The number of ether oxygens (including phenoxy) is 1. The third kappa shape index (κ3) is 1.12. The predicted octanol–water partition coefficient (Wildman–Crippen LogP) is -1.08. The number of rotatable bonds is 2. The predicted molar refractivity (Wildman–Crippen MR) is 24.8 cm³/mol. The van der Waals surface area contributed by atoms with E-state index in [4.69, 9.17) is 5.11 Å². The van der Waals surface area contributed by atoms with Crippen molar-refractivity contribution >= 4 is 0 Å². The molecule has 1 aliphatic heterocycles. The van der Waals surface area contributed by atoms with E-state index in [0.29, 0.717) is 13.2 Å². The molecule has 0 saturated carbocycles. The Labute approximate surface area is 42.3 Å². The zero-order valence-electron chi connectivity index (χ0n) is 4.27. The van der Waals surface area contributed by atoms with Gasteiger partial charge in [0.15, 0.2) is 0 Å². The molecule has 42 valence electrons. The van der Waals surface area contributed by atoms with Gasteiger partial charge in [0.05, 0.1) is 6.54 Å². The van der Waals surface area contributed by atoms with Crippen molar-refractivity contribution in [2.24, 2.45) is 0 Å². The third-order valence-corrected chi connectivity index (χ3v) is 0.931. The van der Waals surface area contributed by atoms with Gasteiger partial charge in [-0.2, -0.15) is 0 Å². The molecule has 3 nitrogen and oxygen atoms in total. The lowest BCUT2D eigenvalue weighted by Gasteiger charge is -1.98. The van der Waals surface area contributed by atoms with Crippen molar-refractivity contribution in [1.82, 2.24) is 5.32 Å².